The monoisotopic (exact) mass is 140 g/mol. The molecule has 0 bridgehead atoms. The van der Waals surface area contributed by atoms with Gasteiger partial charge in [0.05, 0.1) is 0 Å². The molecule has 0 nitrogen and oxygen atoms in total. The fraction of sp³-hybridized carbons (Fsp3) is 1.00. The van der Waals surface area contributed by atoms with E-state index in [0.29, 0.717) is 5.88 Å². The third kappa shape index (κ3) is 4.43. The van der Waals surface area contributed by atoms with Crippen LogP contribution in [0.5, 0.6) is 0 Å². The van der Waals surface area contributed by atoms with Gasteiger partial charge in [0.15, 0.2) is 0 Å². The van der Waals surface area contributed by atoms with E-state index in [0.717, 1.165) is 12.8 Å². The molecule has 0 aliphatic carbocycles. The standard InChI is InChI=1S/C5H10Cl2/c1-2-5(7)3-4-6/h5H,2-4H2,1H3. The third-order valence-electron chi connectivity index (χ3n) is 0.865. The normalized spacial score (nSPS) is 14.1. The van der Waals surface area contributed by atoms with E-state index in [9.17, 15) is 0 Å². The van der Waals surface area contributed by atoms with Crippen molar-refractivity contribution in [2.24, 2.45) is 0 Å². The fourth-order valence-corrected chi connectivity index (χ4v) is 0.807. The Morgan fingerprint density at radius 2 is 2.14 bits per heavy atom. The first kappa shape index (κ1) is 7.58. The minimum absolute atomic E-state index is 0.289. The van der Waals surface area contributed by atoms with Crippen LogP contribution >= 0.6 is 23.2 Å². The van der Waals surface area contributed by atoms with Crippen molar-refractivity contribution in [1.82, 2.24) is 0 Å². The van der Waals surface area contributed by atoms with Gasteiger partial charge in [-0.1, -0.05) is 6.92 Å². The predicted molar refractivity (Wildman–Crippen MR) is 35.3 cm³/mol. The highest BCUT2D eigenvalue weighted by atomic mass is 35.5. The molecule has 0 fully saturated rings. The summed E-state index contributed by atoms with van der Waals surface area (Å²) in [6.45, 7) is 2.06. The Morgan fingerprint density at radius 1 is 1.57 bits per heavy atom. The number of halogens is 2. The van der Waals surface area contributed by atoms with Crippen LogP contribution < -0.4 is 0 Å². The van der Waals surface area contributed by atoms with Crippen LogP contribution in [0.1, 0.15) is 19.8 Å². The summed E-state index contributed by atoms with van der Waals surface area (Å²) in [7, 11) is 0. The minimum atomic E-state index is 0.289. The van der Waals surface area contributed by atoms with Gasteiger partial charge in [-0.3, -0.25) is 0 Å². The lowest BCUT2D eigenvalue weighted by atomic mass is 10.3. The number of alkyl halides is 2. The summed E-state index contributed by atoms with van der Waals surface area (Å²) in [4.78, 5) is 0. The van der Waals surface area contributed by atoms with Gasteiger partial charge < -0.3 is 0 Å². The Labute approximate surface area is 54.8 Å². The molecule has 2 heteroatoms. The highest BCUT2D eigenvalue weighted by Crippen LogP contribution is 2.06. The van der Waals surface area contributed by atoms with Crippen molar-refractivity contribution < 1.29 is 0 Å². The molecule has 0 aliphatic rings. The average Bonchev–Trinajstić information content (AvgIpc) is 1.68. The molecular weight excluding hydrogens is 131 g/mol. The number of hydrogen-bond donors (Lipinski definition) is 0. The van der Waals surface area contributed by atoms with Gasteiger partial charge in [0.2, 0.25) is 0 Å². The van der Waals surface area contributed by atoms with Crippen molar-refractivity contribution in [3.63, 3.8) is 0 Å². The zero-order chi connectivity index (χ0) is 5.70. The molecule has 0 amide bonds. The summed E-state index contributed by atoms with van der Waals surface area (Å²) < 4.78 is 0. The summed E-state index contributed by atoms with van der Waals surface area (Å²) in [6, 6.07) is 0. The van der Waals surface area contributed by atoms with Crippen LogP contribution in [0.15, 0.2) is 0 Å². The number of rotatable bonds is 3. The molecule has 0 saturated heterocycles. The van der Waals surface area contributed by atoms with E-state index in [1.807, 2.05) is 0 Å². The second-order valence-electron chi connectivity index (χ2n) is 1.48. The highest BCUT2D eigenvalue weighted by Gasteiger charge is 1.96. The van der Waals surface area contributed by atoms with Gasteiger partial charge in [0.25, 0.3) is 0 Å². The molecule has 7 heavy (non-hydrogen) atoms. The van der Waals surface area contributed by atoms with Crippen LogP contribution in [0.3, 0.4) is 0 Å². The lowest BCUT2D eigenvalue weighted by molar-refractivity contribution is 0.786. The van der Waals surface area contributed by atoms with Crippen LogP contribution in [0.4, 0.5) is 0 Å². The predicted octanol–water partition coefficient (Wildman–Crippen LogP) is 2.63. The van der Waals surface area contributed by atoms with Crippen LogP contribution in [-0.2, 0) is 0 Å². The van der Waals surface area contributed by atoms with Crippen molar-refractivity contribution in [2.45, 2.75) is 25.1 Å². The summed E-state index contributed by atoms with van der Waals surface area (Å²) in [5, 5.41) is 0.289. The number of hydrogen-bond acceptors (Lipinski definition) is 0. The van der Waals surface area contributed by atoms with Gasteiger partial charge in [-0.15, -0.1) is 23.2 Å². The lowest BCUT2D eigenvalue weighted by Crippen LogP contribution is -1.94. The van der Waals surface area contributed by atoms with Gasteiger partial charge in [-0.2, -0.15) is 0 Å². The van der Waals surface area contributed by atoms with Crippen LogP contribution in [-0.4, -0.2) is 11.3 Å². The SMILES string of the molecule is CCC(Cl)CCCl. The Kier molecular flexibility index (Phi) is 5.12. The lowest BCUT2D eigenvalue weighted by Gasteiger charge is -1.98. The van der Waals surface area contributed by atoms with Crippen molar-refractivity contribution in [1.29, 1.82) is 0 Å². The molecule has 0 rings (SSSR count). The Bertz CT molecular complexity index is 37.1. The molecule has 0 spiro atoms. The maximum Gasteiger partial charge on any atom is 0.0344 e. The molecule has 1 unspecified atom stereocenters. The van der Waals surface area contributed by atoms with Gasteiger partial charge in [-0.05, 0) is 12.8 Å². The van der Waals surface area contributed by atoms with E-state index in [1.54, 1.807) is 0 Å². The van der Waals surface area contributed by atoms with E-state index in [2.05, 4.69) is 6.92 Å². The molecule has 0 N–H and O–H groups in total. The highest BCUT2D eigenvalue weighted by molar-refractivity contribution is 6.22. The average molecular weight is 141 g/mol. The topological polar surface area (TPSA) is 0 Å². The minimum Gasteiger partial charge on any atom is -0.127 e. The molecule has 0 aromatic rings. The van der Waals surface area contributed by atoms with E-state index in [-0.39, 0.29) is 5.38 Å². The quantitative estimate of drug-likeness (QED) is 0.530. The Balaban J connectivity index is 2.83. The first-order valence-electron chi connectivity index (χ1n) is 2.51. The van der Waals surface area contributed by atoms with E-state index in [4.69, 9.17) is 23.2 Å². The Hall–Kier alpha value is 0.580. The fourth-order valence-electron chi connectivity index (χ4n) is 0.323. The van der Waals surface area contributed by atoms with Crippen molar-refractivity contribution >= 4 is 23.2 Å². The third-order valence-corrected chi connectivity index (χ3v) is 1.61. The molecular formula is C5H10Cl2. The molecule has 0 heterocycles. The van der Waals surface area contributed by atoms with Crippen molar-refractivity contribution in [2.75, 3.05) is 5.88 Å². The summed E-state index contributed by atoms with van der Waals surface area (Å²) >= 11 is 11.1. The molecule has 44 valence electrons. The molecule has 1 atom stereocenters. The molecule has 0 radical (unpaired) electrons. The zero-order valence-electron chi connectivity index (χ0n) is 4.45. The van der Waals surface area contributed by atoms with Crippen molar-refractivity contribution in [3.8, 4) is 0 Å². The van der Waals surface area contributed by atoms with Crippen molar-refractivity contribution in [3.05, 3.63) is 0 Å². The van der Waals surface area contributed by atoms with Crippen LogP contribution in [0, 0.1) is 0 Å². The van der Waals surface area contributed by atoms with E-state index in [1.165, 1.54) is 0 Å². The largest absolute Gasteiger partial charge is 0.127 e. The van der Waals surface area contributed by atoms with Gasteiger partial charge in [0.1, 0.15) is 0 Å². The van der Waals surface area contributed by atoms with Gasteiger partial charge >= 0.3 is 0 Å². The molecule has 0 aromatic carbocycles. The molecule has 0 aliphatic heterocycles. The Morgan fingerprint density at radius 3 is 2.29 bits per heavy atom. The first-order chi connectivity index (χ1) is 3.31. The maximum absolute atomic E-state index is 5.68. The first-order valence-corrected chi connectivity index (χ1v) is 3.48. The summed E-state index contributed by atoms with van der Waals surface area (Å²) in [6.07, 6.45) is 1.95. The van der Waals surface area contributed by atoms with E-state index >= 15 is 0 Å². The van der Waals surface area contributed by atoms with Gasteiger partial charge in [0, 0.05) is 11.3 Å². The van der Waals surface area contributed by atoms with E-state index < -0.39 is 0 Å². The maximum atomic E-state index is 5.68. The molecule has 0 saturated carbocycles. The second kappa shape index (κ2) is 4.73. The second-order valence-corrected chi connectivity index (χ2v) is 2.48. The van der Waals surface area contributed by atoms with Crippen LogP contribution in [0.25, 0.3) is 0 Å². The zero-order valence-corrected chi connectivity index (χ0v) is 5.97. The summed E-state index contributed by atoms with van der Waals surface area (Å²) in [5.41, 5.74) is 0. The van der Waals surface area contributed by atoms with Gasteiger partial charge in [-0.25, -0.2) is 0 Å². The summed E-state index contributed by atoms with van der Waals surface area (Å²) in [5.74, 6) is 0.683. The molecule has 0 aromatic heterocycles. The smallest absolute Gasteiger partial charge is 0.0344 e. The van der Waals surface area contributed by atoms with Crippen LogP contribution in [0.2, 0.25) is 0 Å².